The molecule has 2 rings (SSSR count). The quantitative estimate of drug-likeness (QED) is 0.914. The fraction of sp³-hybridized carbons (Fsp3) is 0.182. The molecule has 0 amide bonds. The van der Waals surface area contributed by atoms with Crippen molar-refractivity contribution >= 4 is 34.4 Å². The van der Waals surface area contributed by atoms with Gasteiger partial charge in [0.1, 0.15) is 5.82 Å². The van der Waals surface area contributed by atoms with E-state index in [-0.39, 0.29) is 0 Å². The van der Waals surface area contributed by atoms with Crippen molar-refractivity contribution in [1.82, 2.24) is 4.98 Å². The highest BCUT2D eigenvalue weighted by Crippen LogP contribution is 2.23. The van der Waals surface area contributed by atoms with E-state index in [0.717, 1.165) is 16.7 Å². The SMILES string of the molecule is CN(Cc1ccc(Cl)s1)c1ccc(N)cn1. The van der Waals surface area contributed by atoms with Gasteiger partial charge in [0.15, 0.2) is 0 Å². The van der Waals surface area contributed by atoms with E-state index in [2.05, 4.69) is 9.88 Å². The molecule has 0 atom stereocenters. The van der Waals surface area contributed by atoms with Crippen molar-refractivity contribution in [3.05, 3.63) is 39.7 Å². The Kier molecular flexibility index (Phi) is 3.31. The van der Waals surface area contributed by atoms with Gasteiger partial charge in [0, 0.05) is 11.9 Å². The normalized spacial score (nSPS) is 10.4. The summed E-state index contributed by atoms with van der Waals surface area (Å²) in [5.41, 5.74) is 6.26. The van der Waals surface area contributed by atoms with Crippen LogP contribution in [0.4, 0.5) is 11.5 Å². The van der Waals surface area contributed by atoms with Crippen LogP contribution in [0.25, 0.3) is 0 Å². The number of thiophene rings is 1. The lowest BCUT2D eigenvalue weighted by atomic mass is 10.4. The Hall–Kier alpha value is -1.26. The number of nitrogens with zero attached hydrogens (tertiary/aromatic N) is 2. The molecule has 0 aliphatic rings. The minimum atomic E-state index is 0.677. The number of aromatic nitrogens is 1. The molecule has 0 unspecified atom stereocenters. The number of halogens is 1. The molecule has 0 radical (unpaired) electrons. The number of rotatable bonds is 3. The van der Waals surface area contributed by atoms with Crippen molar-refractivity contribution in [3.8, 4) is 0 Å². The zero-order valence-electron chi connectivity index (χ0n) is 8.85. The van der Waals surface area contributed by atoms with E-state index >= 15 is 0 Å². The van der Waals surface area contributed by atoms with Crippen LogP contribution in [-0.4, -0.2) is 12.0 Å². The second kappa shape index (κ2) is 4.72. The van der Waals surface area contributed by atoms with E-state index in [0.29, 0.717) is 5.69 Å². The lowest BCUT2D eigenvalue weighted by molar-refractivity contribution is 0.913. The van der Waals surface area contributed by atoms with E-state index in [1.807, 2.05) is 31.3 Å². The predicted octanol–water partition coefficient (Wildman–Crippen LogP) is 3.02. The minimum absolute atomic E-state index is 0.677. The summed E-state index contributed by atoms with van der Waals surface area (Å²) in [5, 5.41) is 0. The maximum Gasteiger partial charge on any atom is 0.128 e. The van der Waals surface area contributed by atoms with Gasteiger partial charge in [-0.15, -0.1) is 11.3 Å². The van der Waals surface area contributed by atoms with Crippen LogP contribution in [-0.2, 0) is 6.54 Å². The monoisotopic (exact) mass is 253 g/mol. The Bertz CT molecular complexity index is 466. The summed E-state index contributed by atoms with van der Waals surface area (Å²) < 4.78 is 0.814. The molecular formula is C11H12ClN3S. The largest absolute Gasteiger partial charge is 0.397 e. The summed E-state index contributed by atoms with van der Waals surface area (Å²) in [6.45, 7) is 0.800. The van der Waals surface area contributed by atoms with Crippen LogP contribution in [0.1, 0.15) is 4.88 Å². The van der Waals surface area contributed by atoms with Gasteiger partial charge in [-0.05, 0) is 24.3 Å². The van der Waals surface area contributed by atoms with Crippen LogP contribution in [0.2, 0.25) is 4.34 Å². The van der Waals surface area contributed by atoms with Gasteiger partial charge in [-0.25, -0.2) is 4.98 Å². The zero-order valence-corrected chi connectivity index (χ0v) is 10.4. The van der Waals surface area contributed by atoms with Crippen molar-refractivity contribution in [2.75, 3.05) is 17.7 Å². The van der Waals surface area contributed by atoms with E-state index < -0.39 is 0 Å². The first-order chi connectivity index (χ1) is 7.65. The number of hydrogen-bond donors (Lipinski definition) is 1. The molecule has 0 saturated heterocycles. The predicted molar refractivity (Wildman–Crippen MR) is 70.1 cm³/mol. The van der Waals surface area contributed by atoms with Gasteiger partial charge in [0.05, 0.1) is 22.8 Å². The highest BCUT2D eigenvalue weighted by atomic mass is 35.5. The van der Waals surface area contributed by atoms with Gasteiger partial charge in [-0.1, -0.05) is 11.6 Å². The molecule has 0 saturated carbocycles. The Balaban J connectivity index is 2.08. The van der Waals surface area contributed by atoms with Crippen molar-refractivity contribution < 1.29 is 0 Å². The summed E-state index contributed by atoms with van der Waals surface area (Å²) in [4.78, 5) is 7.52. The van der Waals surface area contributed by atoms with Crippen LogP contribution >= 0.6 is 22.9 Å². The molecule has 2 N–H and O–H groups in total. The lowest BCUT2D eigenvalue weighted by Crippen LogP contribution is -2.16. The number of hydrogen-bond acceptors (Lipinski definition) is 4. The fourth-order valence-corrected chi connectivity index (χ4v) is 2.52. The summed E-state index contributed by atoms with van der Waals surface area (Å²) in [7, 11) is 1.99. The highest BCUT2D eigenvalue weighted by Gasteiger charge is 2.05. The molecule has 2 aromatic heterocycles. The molecule has 2 aromatic rings. The molecular weight excluding hydrogens is 242 g/mol. The Morgan fingerprint density at radius 2 is 2.19 bits per heavy atom. The summed E-state index contributed by atoms with van der Waals surface area (Å²) in [6, 6.07) is 7.69. The second-order valence-electron chi connectivity index (χ2n) is 3.51. The standard InChI is InChI=1S/C11H12ClN3S/c1-15(7-9-3-4-10(12)16-9)11-5-2-8(13)6-14-11/h2-6H,7,13H2,1H3. The first-order valence-corrected chi connectivity index (χ1v) is 6.01. The van der Waals surface area contributed by atoms with Crippen molar-refractivity contribution in [2.45, 2.75) is 6.54 Å². The maximum absolute atomic E-state index is 5.88. The number of anilines is 2. The third-order valence-corrected chi connectivity index (χ3v) is 3.40. The zero-order chi connectivity index (χ0) is 11.5. The number of nitrogen functional groups attached to an aromatic ring is 1. The number of pyridine rings is 1. The van der Waals surface area contributed by atoms with Gasteiger partial charge in [0.25, 0.3) is 0 Å². The molecule has 3 nitrogen and oxygen atoms in total. The Morgan fingerprint density at radius 1 is 1.38 bits per heavy atom. The Labute approximate surface area is 103 Å². The summed E-state index contributed by atoms with van der Waals surface area (Å²) in [6.07, 6.45) is 1.66. The van der Waals surface area contributed by atoms with Crippen LogP contribution in [0.15, 0.2) is 30.5 Å². The van der Waals surface area contributed by atoms with Crippen LogP contribution in [0, 0.1) is 0 Å². The van der Waals surface area contributed by atoms with Crippen LogP contribution in [0.3, 0.4) is 0 Å². The topological polar surface area (TPSA) is 42.1 Å². The first kappa shape index (κ1) is 11.2. The van der Waals surface area contributed by atoms with Gasteiger partial charge < -0.3 is 10.6 Å². The summed E-state index contributed by atoms with van der Waals surface area (Å²) in [5.74, 6) is 0.902. The Morgan fingerprint density at radius 3 is 2.75 bits per heavy atom. The molecule has 0 aliphatic carbocycles. The van der Waals surface area contributed by atoms with E-state index in [9.17, 15) is 0 Å². The average Bonchev–Trinajstić information content (AvgIpc) is 2.65. The minimum Gasteiger partial charge on any atom is -0.397 e. The van der Waals surface area contributed by atoms with Crippen molar-refractivity contribution in [1.29, 1.82) is 0 Å². The number of nitrogens with two attached hydrogens (primary N) is 1. The molecule has 0 fully saturated rings. The third kappa shape index (κ3) is 2.65. The fourth-order valence-electron chi connectivity index (χ4n) is 1.37. The molecule has 5 heteroatoms. The van der Waals surface area contributed by atoms with Crippen molar-refractivity contribution in [2.24, 2.45) is 0 Å². The average molecular weight is 254 g/mol. The van der Waals surface area contributed by atoms with Gasteiger partial charge in [-0.3, -0.25) is 0 Å². The molecule has 2 heterocycles. The highest BCUT2D eigenvalue weighted by molar-refractivity contribution is 7.16. The van der Waals surface area contributed by atoms with Crippen LogP contribution < -0.4 is 10.6 Å². The molecule has 84 valence electrons. The summed E-state index contributed by atoms with van der Waals surface area (Å²) >= 11 is 7.46. The first-order valence-electron chi connectivity index (χ1n) is 4.82. The van der Waals surface area contributed by atoms with Gasteiger partial charge in [0.2, 0.25) is 0 Å². The molecule has 16 heavy (non-hydrogen) atoms. The third-order valence-electron chi connectivity index (χ3n) is 2.18. The van der Waals surface area contributed by atoms with Crippen LogP contribution in [0.5, 0.6) is 0 Å². The van der Waals surface area contributed by atoms with E-state index in [1.54, 1.807) is 17.5 Å². The van der Waals surface area contributed by atoms with Gasteiger partial charge >= 0.3 is 0 Å². The van der Waals surface area contributed by atoms with E-state index in [4.69, 9.17) is 17.3 Å². The van der Waals surface area contributed by atoms with E-state index in [1.165, 1.54) is 4.88 Å². The second-order valence-corrected chi connectivity index (χ2v) is 5.31. The molecule has 0 aromatic carbocycles. The van der Waals surface area contributed by atoms with Crippen molar-refractivity contribution in [3.63, 3.8) is 0 Å². The molecule has 0 aliphatic heterocycles. The maximum atomic E-state index is 5.88. The molecule has 0 bridgehead atoms. The molecule has 0 spiro atoms. The lowest BCUT2D eigenvalue weighted by Gasteiger charge is -2.16. The van der Waals surface area contributed by atoms with Gasteiger partial charge in [-0.2, -0.15) is 0 Å². The smallest absolute Gasteiger partial charge is 0.128 e.